The van der Waals surface area contributed by atoms with Gasteiger partial charge in [-0.1, -0.05) is 84.9 Å². The number of nitrogens with one attached hydrogen (secondary N) is 2. The molecular weight excluding hydrogens is 584 g/mol. The number of ether oxygens (including phenoxy) is 2. The Morgan fingerprint density at radius 1 is 0.674 bits per heavy atom. The Hall–Kier alpha value is -4.42. The summed E-state index contributed by atoms with van der Waals surface area (Å²) in [5.41, 5.74) is 3.61. The first kappa shape index (κ1) is 33.0. The minimum atomic E-state index is -0.239. The molecule has 0 saturated carbocycles. The van der Waals surface area contributed by atoms with Crippen molar-refractivity contribution in [2.45, 2.75) is 77.9 Å². The fourth-order valence-electron chi connectivity index (χ4n) is 5.34. The Morgan fingerprint density at radius 3 is 1.50 bits per heavy atom. The average molecular weight is 629 g/mol. The number of hydrogen-bond donors (Lipinski definition) is 2. The highest BCUT2D eigenvalue weighted by molar-refractivity contribution is 5.79. The lowest BCUT2D eigenvalue weighted by molar-refractivity contribution is -0.126. The number of rotatable bonds is 4. The topological polar surface area (TPSA) is 138 Å². The smallest absolute Gasteiger partial charge is 0.223 e. The lowest BCUT2D eigenvalue weighted by Crippen LogP contribution is -2.42. The van der Waals surface area contributed by atoms with Gasteiger partial charge < -0.3 is 20.1 Å². The molecule has 1 aliphatic heterocycles. The summed E-state index contributed by atoms with van der Waals surface area (Å²) in [5.74, 6) is -0.543. The number of fused-ring (bicyclic) bond motifs is 4. The van der Waals surface area contributed by atoms with E-state index in [0.717, 1.165) is 11.1 Å². The Kier molecular flexibility index (Phi) is 12.0. The van der Waals surface area contributed by atoms with Gasteiger partial charge in [-0.25, -0.2) is 0 Å². The van der Waals surface area contributed by atoms with Gasteiger partial charge in [0, 0.05) is 24.9 Å². The maximum Gasteiger partial charge on any atom is 0.223 e. The zero-order valence-corrected chi connectivity index (χ0v) is 26.6. The highest BCUT2D eigenvalue weighted by Crippen LogP contribution is 2.12. The van der Waals surface area contributed by atoms with Crippen LogP contribution in [-0.2, 0) is 58.2 Å². The van der Waals surface area contributed by atoms with Crippen molar-refractivity contribution in [1.82, 2.24) is 40.6 Å². The summed E-state index contributed by atoms with van der Waals surface area (Å²) in [5, 5.41) is 23.4. The lowest BCUT2D eigenvalue weighted by Gasteiger charge is -2.21. The summed E-state index contributed by atoms with van der Waals surface area (Å²) in [6.45, 7) is 6.11. The molecule has 12 nitrogen and oxygen atoms in total. The van der Waals surface area contributed by atoms with Crippen LogP contribution < -0.4 is 10.6 Å². The van der Waals surface area contributed by atoms with Crippen molar-refractivity contribution >= 4 is 11.8 Å². The van der Waals surface area contributed by atoms with Crippen LogP contribution in [0.4, 0.5) is 0 Å². The second kappa shape index (κ2) is 16.8. The quantitative estimate of drug-likeness (QED) is 0.352. The van der Waals surface area contributed by atoms with E-state index >= 15 is 0 Å². The van der Waals surface area contributed by atoms with Crippen LogP contribution in [0.2, 0.25) is 0 Å². The van der Waals surface area contributed by atoms with Crippen LogP contribution in [0, 0.1) is 11.8 Å². The van der Waals surface area contributed by atoms with Gasteiger partial charge in [0.05, 0.1) is 50.9 Å². The first-order chi connectivity index (χ1) is 22.4. The van der Waals surface area contributed by atoms with Crippen molar-refractivity contribution in [3.8, 4) is 0 Å². The number of carbonyl (C=O) groups excluding carboxylic acids is 2. The zero-order chi connectivity index (χ0) is 32.1. The molecule has 0 aliphatic carbocycles. The minimum absolute atomic E-state index is 0.0331. The van der Waals surface area contributed by atoms with Gasteiger partial charge in [-0.3, -0.25) is 19.0 Å². The minimum Gasteiger partial charge on any atom is -0.373 e. The van der Waals surface area contributed by atoms with Gasteiger partial charge in [0.1, 0.15) is 11.4 Å². The fourth-order valence-corrected chi connectivity index (χ4v) is 5.34. The van der Waals surface area contributed by atoms with E-state index < -0.39 is 0 Å². The fraction of sp³-hybridized carbons (Fsp3) is 0.471. The molecule has 3 heterocycles. The lowest BCUT2D eigenvalue weighted by atomic mass is 10.0. The SMILES string of the molecule is C[C@H]1CCn2cc(nn2)COC[C@@H](Cc2ccccc2)NC(=O)[C@@H](C)CCn2cc(nn2)COC[C@@H](Cc2ccccc2)NC1=O. The molecule has 0 radical (unpaired) electrons. The van der Waals surface area contributed by atoms with E-state index in [2.05, 4.69) is 31.3 Å². The second-order valence-electron chi connectivity index (χ2n) is 12.1. The second-order valence-corrected chi connectivity index (χ2v) is 12.1. The van der Waals surface area contributed by atoms with Gasteiger partial charge in [-0.2, -0.15) is 0 Å². The van der Waals surface area contributed by atoms with E-state index in [1.807, 2.05) is 86.9 Å². The molecule has 1 aliphatic rings. The van der Waals surface area contributed by atoms with Crippen LogP contribution in [0.3, 0.4) is 0 Å². The highest BCUT2D eigenvalue weighted by atomic mass is 16.5. The molecule has 0 fully saturated rings. The van der Waals surface area contributed by atoms with Crippen molar-refractivity contribution in [2.24, 2.45) is 11.8 Å². The molecule has 12 heteroatoms. The van der Waals surface area contributed by atoms with Crippen LogP contribution in [-0.4, -0.2) is 67.1 Å². The van der Waals surface area contributed by atoms with Gasteiger partial charge >= 0.3 is 0 Å². The van der Waals surface area contributed by atoms with Crippen LogP contribution in [0.1, 0.15) is 49.2 Å². The third kappa shape index (κ3) is 10.3. The molecule has 4 bridgehead atoms. The van der Waals surface area contributed by atoms with Gasteiger partial charge in [-0.15, -0.1) is 10.2 Å². The molecule has 2 aromatic carbocycles. The number of aromatic nitrogens is 6. The van der Waals surface area contributed by atoms with E-state index in [0.29, 0.717) is 63.4 Å². The van der Waals surface area contributed by atoms with Crippen LogP contribution in [0.15, 0.2) is 73.1 Å². The third-order valence-corrected chi connectivity index (χ3v) is 8.13. The summed E-state index contributed by atoms with van der Waals surface area (Å²) in [6, 6.07) is 19.7. The number of benzene rings is 2. The van der Waals surface area contributed by atoms with Crippen molar-refractivity contribution in [3.63, 3.8) is 0 Å². The molecular formula is C34H44N8O4. The van der Waals surface area contributed by atoms with Crippen LogP contribution >= 0.6 is 0 Å². The Bertz CT molecular complexity index is 1400. The Morgan fingerprint density at radius 2 is 1.09 bits per heavy atom. The summed E-state index contributed by atoms with van der Waals surface area (Å²) in [7, 11) is 0. The summed E-state index contributed by atoms with van der Waals surface area (Å²) >= 11 is 0. The molecule has 46 heavy (non-hydrogen) atoms. The van der Waals surface area contributed by atoms with Gasteiger partial charge in [0.2, 0.25) is 11.8 Å². The number of nitrogens with zero attached hydrogens (tertiary/aromatic N) is 6. The van der Waals surface area contributed by atoms with Gasteiger partial charge in [0.25, 0.3) is 0 Å². The molecule has 2 amide bonds. The number of aryl methyl sites for hydroxylation is 2. The first-order valence-corrected chi connectivity index (χ1v) is 16.0. The molecule has 4 aromatic rings. The zero-order valence-electron chi connectivity index (χ0n) is 26.6. The molecule has 2 N–H and O–H groups in total. The maximum absolute atomic E-state index is 13.2. The molecule has 0 saturated heterocycles. The normalized spacial score (nSPS) is 22.7. The maximum atomic E-state index is 13.2. The Balaban J connectivity index is 1.27. The predicted octanol–water partition coefficient (Wildman–Crippen LogP) is 3.12. The van der Waals surface area contributed by atoms with E-state index in [1.165, 1.54) is 0 Å². The largest absolute Gasteiger partial charge is 0.373 e. The average Bonchev–Trinajstić information content (AvgIpc) is 3.72. The monoisotopic (exact) mass is 628 g/mol. The Labute approximate surface area is 269 Å². The molecule has 5 rings (SSSR count). The van der Waals surface area contributed by atoms with E-state index in [4.69, 9.17) is 9.47 Å². The van der Waals surface area contributed by atoms with Crippen molar-refractivity contribution < 1.29 is 19.1 Å². The van der Waals surface area contributed by atoms with E-state index in [-0.39, 0.29) is 48.9 Å². The van der Waals surface area contributed by atoms with E-state index in [9.17, 15) is 9.59 Å². The third-order valence-electron chi connectivity index (χ3n) is 8.13. The predicted molar refractivity (Wildman–Crippen MR) is 171 cm³/mol. The van der Waals surface area contributed by atoms with Crippen molar-refractivity contribution in [2.75, 3.05) is 13.2 Å². The summed E-state index contributed by atoms with van der Waals surface area (Å²) in [6.07, 6.45) is 6.17. The molecule has 4 atom stereocenters. The van der Waals surface area contributed by atoms with Crippen molar-refractivity contribution in [3.05, 3.63) is 95.6 Å². The summed E-state index contributed by atoms with van der Waals surface area (Å²) in [4.78, 5) is 26.4. The van der Waals surface area contributed by atoms with Gasteiger partial charge in [-0.05, 0) is 36.8 Å². The van der Waals surface area contributed by atoms with Crippen molar-refractivity contribution in [1.29, 1.82) is 0 Å². The highest BCUT2D eigenvalue weighted by Gasteiger charge is 2.21. The van der Waals surface area contributed by atoms with E-state index in [1.54, 1.807) is 9.36 Å². The standard InChI is InChI=1S/C34H44N8O4/c1-25-13-15-41-19-31(37-39-41)23-46-22-30(18-28-11-7-4-8-12-28)36-34(44)26(2)14-16-42-20-32(38-40-42)24-45-21-29(35-33(25)43)17-27-9-5-3-6-10-27/h3-12,19-20,25-26,29-30H,13-18,21-24H2,1-2H3,(H,35,43)(H,36,44)/t25-,26-,29+,30+/m0/s1. The number of carbonyl (C=O) groups is 2. The molecule has 0 unspecified atom stereocenters. The van der Waals surface area contributed by atoms with Crippen LogP contribution in [0.5, 0.6) is 0 Å². The molecule has 244 valence electrons. The van der Waals surface area contributed by atoms with Gasteiger partial charge in [0.15, 0.2) is 0 Å². The number of hydrogen-bond acceptors (Lipinski definition) is 8. The number of amides is 2. The molecule has 2 aromatic heterocycles. The first-order valence-electron chi connectivity index (χ1n) is 16.0. The van der Waals surface area contributed by atoms with Crippen LogP contribution in [0.25, 0.3) is 0 Å². The summed E-state index contributed by atoms with van der Waals surface area (Å²) < 4.78 is 15.5. The molecule has 0 spiro atoms.